The molecule has 0 bridgehead atoms. The summed E-state index contributed by atoms with van der Waals surface area (Å²) in [5.41, 5.74) is 0. The number of carboxylic acids is 1. The topological polar surface area (TPSA) is 37.3 Å². The third-order valence-corrected chi connectivity index (χ3v) is 0. The van der Waals surface area contributed by atoms with Crippen LogP contribution in [0, 0.1) is 0 Å². The molecule has 0 radical (unpaired) electrons. The minimum atomic E-state index is -0.833. The number of hydrogen-bond acceptors (Lipinski definition) is 1. The number of rotatable bonds is 0. The maximum atomic E-state index is 9.00. The summed E-state index contributed by atoms with van der Waals surface area (Å²) >= 11 is 0. The van der Waals surface area contributed by atoms with Crippen molar-refractivity contribution in [3.63, 3.8) is 0 Å². The fraction of sp³-hybridized carbons (Fsp3) is 0.500. The normalized spacial score (nSPS) is 5.00. The van der Waals surface area contributed by atoms with Gasteiger partial charge in [0.25, 0.3) is 5.97 Å². The number of hydrogen-bond donors (Lipinski definition) is 1. The Hall–Kier alpha value is 0.392. The summed E-state index contributed by atoms with van der Waals surface area (Å²) in [4.78, 5) is 9.00. The van der Waals surface area contributed by atoms with E-state index in [-0.39, 0.29) is 27.3 Å². The van der Waals surface area contributed by atoms with Gasteiger partial charge in [-0.05, 0) is 0 Å². The van der Waals surface area contributed by atoms with Crippen LogP contribution in [0.1, 0.15) is 6.92 Å². The molecular weight excluding hydrogens is 263 g/mol. The van der Waals surface area contributed by atoms with Gasteiger partial charge in [-0.15, -0.1) is 0 Å². The summed E-state index contributed by atoms with van der Waals surface area (Å²) < 4.78 is 0. The van der Waals surface area contributed by atoms with Gasteiger partial charge in [0.05, 0.1) is 0 Å². The van der Waals surface area contributed by atoms with Crippen LogP contribution in [-0.4, -0.2) is 38.4 Å². The van der Waals surface area contributed by atoms with Crippen LogP contribution in [0.25, 0.3) is 0 Å². The SMILES string of the molecule is CC(=O)O.[PbH4]. The maximum absolute atomic E-state index is 9.00. The predicted molar refractivity (Wildman–Crippen MR) is 24.6 cm³/mol. The molecule has 0 heterocycles. The van der Waals surface area contributed by atoms with E-state index >= 15 is 0 Å². The summed E-state index contributed by atoms with van der Waals surface area (Å²) in [6.07, 6.45) is 0. The van der Waals surface area contributed by atoms with Crippen molar-refractivity contribution in [1.82, 2.24) is 0 Å². The van der Waals surface area contributed by atoms with Gasteiger partial charge in [-0.1, -0.05) is 0 Å². The van der Waals surface area contributed by atoms with Crippen LogP contribution in [0.2, 0.25) is 0 Å². The second-order valence-electron chi connectivity index (χ2n) is 0.519. The Morgan fingerprint density at radius 2 is 1.80 bits per heavy atom. The zero-order chi connectivity index (χ0) is 3.58. The van der Waals surface area contributed by atoms with E-state index in [2.05, 4.69) is 0 Å². The van der Waals surface area contributed by atoms with Crippen LogP contribution < -0.4 is 0 Å². The first kappa shape index (κ1) is 9.04. The van der Waals surface area contributed by atoms with E-state index in [4.69, 9.17) is 9.90 Å². The Morgan fingerprint density at radius 1 is 1.80 bits per heavy atom. The Kier molecular flexibility index (Phi) is 7.94. The first-order valence-corrected chi connectivity index (χ1v) is 0.928. The van der Waals surface area contributed by atoms with Crippen molar-refractivity contribution in [2.75, 3.05) is 0 Å². The molecule has 0 spiro atoms. The number of aliphatic carboxylic acids is 1. The molecule has 0 aliphatic carbocycles. The predicted octanol–water partition coefficient (Wildman–Crippen LogP) is -1.36. The molecule has 0 saturated heterocycles. The van der Waals surface area contributed by atoms with Gasteiger partial charge >= 0.3 is 27.3 Å². The van der Waals surface area contributed by atoms with Gasteiger partial charge in [-0.25, -0.2) is 0 Å². The first-order valence-electron chi connectivity index (χ1n) is 0.928. The van der Waals surface area contributed by atoms with Crippen LogP contribution in [0.4, 0.5) is 0 Å². The van der Waals surface area contributed by atoms with E-state index in [9.17, 15) is 0 Å². The number of carboxylic acid groups (broad SMARTS) is 1. The second kappa shape index (κ2) is 4.39. The second-order valence-corrected chi connectivity index (χ2v) is 0.519. The Balaban J connectivity index is 0. The Morgan fingerprint density at radius 3 is 1.80 bits per heavy atom. The summed E-state index contributed by atoms with van der Waals surface area (Å²) in [5.74, 6) is -0.833. The summed E-state index contributed by atoms with van der Waals surface area (Å²) in [6, 6.07) is 0. The van der Waals surface area contributed by atoms with Crippen LogP contribution in [-0.2, 0) is 4.79 Å². The Bertz CT molecular complexity index is 30.6. The van der Waals surface area contributed by atoms with Crippen LogP contribution in [0.5, 0.6) is 0 Å². The monoisotopic (exact) mass is 272 g/mol. The molecule has 0 rings (SSSR count). The summed E-state index contributed by atoms with van der Waals surface area (Å²) in [5, 5.41) is 7.42. The quantitative estimate of drug-likeness (QED) is 0.553. The third-order valence-electron chi connectivity index (χ3n) is 0. The standard InChI is InChI=1S/C2H4O2.Pb.4H/c1-2(3)4;;;;;/h1H3,(H,3,4);;;;;. The number of carbonyl (C=O) groups is 1. The van der Waals surface area contributed by atoms with Crippen molar-refractivity contribution < 1.29 is 9.90 Å². The average Bonchev–Trinajstić information content (AvgIpc) is 0.811. The van der Waals surface area contributed by atoms with Crippen molar-refractivity contribution in [3.8, 4) is 0 Å². The molecule has 1 N–H and O–H groups in total. The molecule has 0 atom stereocenters. The van der Waals surface area contributed by atoms with Gasteiger partial charge in [0, 0.05) is 6.92 Å². The molecule has 0 unspecified atom stereocenters. The molecule has 32 valence electrons. The van der Waals surface area contributed by atoms with Gasteiger partial charge in [-0.2, -0.15) is 0 Å². The van der Waals surface area contributed by atoms with E-state index < -0.39 is 5.97 Å². The zero-order valence-electron chi connectivity index (χ0n) is 2.36. The van der Waals surface area contributed by atoms with Crippen LogP contribution >= 0.6 is 0 Å². The molecule has 0 aromatic heterocycles. The van der Waals surface area contributed by atoms with Crippen LogP contribution in [0.15, 0.2) is 0 Å². The van der Waals surface area contributed by atoms with Crippen molar-refractivity contribution >= 4 is 33.3 Å². The zero-order valence-corrected chi connectivity index (χ0v) is 2.36. The van der Waals surface area contributed by atoms with Gasteiger partial charge in [0.15, 0.2) is 0 Å². The molecule has 2 nitrogen and oxygen atoms in total. The molecule has 5 heavy (non-hydrogen) atoms. The van der Waals surface area contributed by atoms with Gasteiger partial charge in [0.2, 0.25) is 0 Å². The third kappa shape index (κ3) is 163. The molecule has 0 aromatic rings. The van der Waals surface area contributed by atoms with Crippen LogP contribution in [0.3, 0.4) is 0 Å². The van der Waals surface area contributed by atoms with E-state index in [0.717, 1.165) is 6.92 Å². The Labute approximate surface area is 50.3 Å². The summed E-state index contributed by atoms with van der Waals surface area (Å²) in [6.45, 7) is 1.08. The van der Waals surface area contributed by atoms with Gasteiger partial charge in [-0.3, -0.25) is 4.79 Å². The van der Waals surface area contributed by atoms with E-state index in [1.54, 1.807) is 0 Å². The van der Waals surface area contributed by atoms with E-state index in [0.29, 0.717) is 0 Å². The van der Waals surface area contributed by atoms with Gasteiger partial charge < -0.3 is 5.11 Å². The fourth-order valence-corrected chi connectivity index (χ4v) is 0. The summed E-state index contributed by atoms with van der Waals surface area (Å²) in [7, 11) is 0. The molecule has 0 amide bonds. The van der Waals surface area contributed by atoms with Gasteiger partial charge in [0.1, 0.15) is 0 Å². The molecule has 0 saturated carbocycles. The van der Waals surface area contributed by atoms with Crippen molar-refractivity contribution in [3.05, 3.63) is 0 Å². The molecular formula is C2H8O2Pb. The fourth-order valence-electron chi connectivity index (χ4n) is 0. The van der Waals surface area contributed by atoms with Crippen molar-refractivity contribution in [2.24, 2.45) is 0 Å². The average molecular weight is 271 g/mol. The van der Waals surface area contributed by atoms with E-state index in [1.807, 2.05) is 0 Å². The molecule has 0 aromatic carbocycles. The van der Waals surface area contributed by atoms with E-state index in [1.165, 1.54) is 0 Å². The molecule has 0 fully saturated rings. The van der Waals surface area contributed by atoms with Crippen molar-refractivity contribution in [1.29, 1.82) is 0 Å². The minimum absolute atomic E-state index is 0. The molecule has 0 aliphatic heterocycles. The molecule has 3 heteroatoms. The first-order chi connectivity index (χ1) is 1.73. The van der Waals surface area contributed by atoms with Crippen molar-refractivity contribution in [2.45, 2.75) is 6.92 Å². The molecule has 0 aliphatic rings.